The van der Waals surface area contributed by atoms with E-state index in [1.807, 2.05) is 0 Å². The van der Waals surface area contributed by atoms with Crippen LogP contribution in [0.2, 0.25) is 0 Å². The number of hydrogen-bond acceptors (Lipinski definition) is 3. The van der Waals surface area contributed by atoms with Crippen LogP contribution in [0.4, 0.5) is 0 Å². The number of allylic oxidation sites excluding steroid dienone is 1. The molecule has 5 saturated carbocycles. The number of aliphatic hydroxyl groups excluding tert-OH is 1. The second-order valence-corrected chi connectivity index (χ2v) is 20.2. The lowest BCUT2D eigenvalue weighted by atomic mass is 9.31. The molecule has 0 aliphatic heterocycles. The van der Waals surface area contributed by atoms with E-state index in [1.54, 1.807) is 0 Å². The minimum absolute atomic E-state index is 0.0159. The zero-order valence-electron chi connectivity index (χ0n) is 33.8. The number of carbonyl (C=O) groups is 1. The van der Waals surface area contributed by atoms with Crippen LogP contribution >= 0.6 is 0 Å². The normalized spacial score (nSPS) is 42.8. The Balaban J connectivity index is 1.13. The number of unbranched alkanes of at least 4 members (excludes halogenated alkanes) is 12. The van der Waals surface area contributed by atoms with Crippen LogP contribution in [-0.4, -0.2) is 23.3 Å². The van der Waals surface area contributed by atoms with Gasteiger partial charge in [0.25, 0.3) is 0 Å². The maximum Gasteiger partial charge on any atom is 0.306 e. The first-order valence-electron chi connectivity index (χ1n) is 21.7. The second-order valence-electron chi connectivity index (χ2n) is 20.2. The van der Waals surface area contributed by atoms with Gasteiger partial charge >= 0.3 is 5.97 Å². The third-order valence-electron chi connectivity index (χ3n) is 17.4. The third kappa shape index (κ3) is 7.26. The van der Waals surface area contributed by atoms with Crippen molar-refractivity contribution in [2.24, 2.45) is 56.7 Å². The number of ether oxygens (including phenoxy) is 1. The van der Waals surface area contributed by atoms with Crippen LogP contribution in [0.1, 0.15) is 203 Å². The van der Waals surface area contributed by atoms with Crippen LogP contribution in [0.25, 0.3) is 0 Å². The van der Waals surface area contributed by atoms with Crippen LogP contribution in [0.5, 0.6) is 0 Å². The van der Waals surface area contributed by atoms with E-state index >= 15 is 0 Å². The predicted molar refractivity (Wildman–Crippen MR) is 206 cm³/mol. The highest BCUT2D eigenvalue weighted by Gasteiger charge is 2.71. The average molecular weight is 681 g/mol. The molecule has 0 aromatic rings. The number of aliphatic hydroxyl groups is 1. The molecule has 11 atom stereocenters. The average Bonchev–Trinajstić information content (AvgIpc) is 3.04. The molecule has 5 fully saturated rings. The van der Waals surface area contributed by atoms with E-state index in [-0.39, 0.29) is 45.3 Å². The number of esters is 1. The Morgan fingerprint density at radius 2 is 1.33 bits per heavy atom. The highest BCUT2D eigenvalue weighted by atomic mass is 16.5. The Bertz CT molecular complexity index is 1130. The van der Waals surface area contributed by atoms with Gasteiger partial charge in [-0.2, -0.15) is 0 Å². The van der Waals surface area contributed by atoms with Gasteiger partial charge in [-0.1, -0.05) is 145 Å². The van der Waals surface area contributed by atoms with E-state index in [2.05, 4.69) is 62.0 Å². The summed E-state index contributed by atoms with van der Waals surface area (Å²) in [4.78, 5) is 13.2. The van der Waals surface area contributed by atoms with Crippen LogP contribution < -0.4 is 0 Å². The van der Waals surface area contributed by atoms with Gasteiger partial charge in [0.1, 0.15) is 6.10 Å². The number of fused-ring (bicyclic) bond motifs is 7. The zero-order valence-corrected chi connectivity index (χ0v) is 33.8. The smallest absolute Gasteiger partial charge is 0.306 e. The van der Waals surface area contributed by atoms with Gasteiger partial charge in [-0.3, -0.25) is 4.79 Å². The van der Waals surface area contributed by atoms with Gasteiger partial charge in [-0.15, -0.1) is 0 Å². The summed E-state index contributed by atoms with van der Waals surface area (Å²) in [5.74, 6) is 2.94. The van der Waals surface area contributed by atoms with E-state index in [4.69, 9.17) is 4.74 Å². The first-order chi connectivity index (χ1) is 23.2. The summed E-state index contributed by atoms with van der Waals surface area (Å²) in [6.07, 6.45) is 28.0. The number of hydrogen-bond donors (Lipinski definition) is 1. The molecular formula is C46H80O3. The van der Waals surface area contributed by atoms with E-state index < -0.39 is 0 Å². The van der Waals surface area contributed by atoms with Crippen LogP contribution in [0.15, 0.2) is 12.2 Å². The largest absolute Gasteiger partial charge is 0.462 e. The standard InChI is InChI=1S/C46H80O3/c1-10-11-12-13-14-15-16-17-18-19-20-21-22-23-40(48)49-39-28-30-43(6)36(42(39,4)5)27-31-45(8)37(43)25-24-35-41-34(3)33(2)26-29-44(41,7)38(47)32-46(35,45)9/h34-39,41,47H,2,10-32H2,1,3-9H3/t34-,35-,36+,37-,38+,39+,41-,43+,44-,45-,46-/m1/s1. The highest BCUT2D eigenvalue weighted by Crippen LogP contribution is 2.77. The lowest BCUT2D eigenvalue weighted by Crippen LogP contribution is -2.69. The molecule has 0 saturated heterocycles. The van der Waals surface area contributed by atoms with Crippen molar-refractivity contribution in [3.8, 4) is 0 Å². The lowest BCUT2D eigenvalue weighted by Gasteiger charge is -2.74. The van der Waals surface area contributed by atoms with Crippen molar-refractivity contribution in [1.82, 2.24) is 0 Å². The molecule has 1 N–H and O–H groups in total. The monoisotopic (exact) mass is 681 g/mol. The highest BCUT2D eigenvalue weighted by molar-refractivity contribution is 5.69. The van der Waals surface area contributed by atoms with Gasteiger partial charge in [0.15, 0.2) is 0 Å². The predicted octanol–water partition coefficient (Wildman–Crippen LogP) is 13.0. The van der Waals surface area contributed by atoms with E-state index in [0.717, 1.165) is 44.9 Å². The summed E-state index contributed by atoms with van der Waals surface area (Å²) in [5, 5.41) is 12.0. The maximum atomic E-state index is 13.2. The third-order valence-corrected chi connectivity index (χ3v) is 17.4. The van der Waals surface area contributed by atoms with Crippen LogP contribution in [-0.2, 0) is 9.53 Å². The molecule has 0 aromatic carbocycles. The maximum absolute atomic E-state index is 13.2. The van der Waals surface area contributed by atoms with Crippen molar-refractivity contribution in [3.63, 3.8) is 0 Å². The molecule has 0 bridgehead atoms. The second kappa shape index (κ2) is 15.6. The molecule has 0 heterocycles. The minimum atomic E-state index is -0.225. The van der Waals surface area contributed by atoms with E-state index in [9.17, 15) is 9.90 Å². The molecule has 5 aliphatic rings. The first-order valence-corrected chi connectivity index (χ1v) is 21.7. The van der Waals surface area contributed by atoms with Crippen molar-refractivity contribution in [2.45, 2.75) is 215 Å². The van der Waals surface area contributed by atoms with Gasteiger partial charge in [-0.25, -0.2) is 0 Å². The number of carbonyl (C=O) groups excluding carboxylic acids is 1. The molecule has 0 unspecified atom stereocenters. The quantitative estimate of drug-likeness (QED) is 0.106. The molecule has 0 radical (unpaired) electrons. The van der Waals surface area contributed by atoms with Gasteiger partial charge in [0.05, 0.1) is 6.10 Å². The topological polar surface area (TPSA) is 46.5 Å². The van der Waals surface area contributed by atoms with Gasteiger partial charge in [-0.05, 0) is 115 Å². The Kier molecular flexibility index (Phi) is 12.6. The molecule has 3 heteroatoms. The van der Waals surface area contributed by atoms with E-state index in [0.29, 0.717) is 36.0 Å². The van der Waals surface area contributed by atoms with Crippen molar-refractivity contribution in [2.75, 3.05) is 0 Å². The van der Waals surface area contributed by atoms with Crippen molar-refractivity contribution >= 4 is 5.97 Å². The van der Waals surface area contributed by atoms with Gasteiger partial charge < -0.3 is 9.84 Å². The SMILES string of the molecule is C=C1CC[C@@]2(C)[C@H]([C@@H]1C)[C@H]1CC[C@@H]3[C@@]4(C)CC[C@H](OC(=O)CCCCCCCCCCCCCCC)C(C)(C)[C@@H]4CC[C@@]3(C)[C@]1(C)C[C@@H]2O. The zero-order chi connectivity index (χ0) is 35.7. The summed E-state index contributed by atoms with van der Waals surface area (Å²) in [7, 11) is 0. The summed E-state index contributed by atoms with van der Waals surface area (Å²) in [5.41, 5.74) is 2.03. The fourth-order valence-corrected chi connectivity index (χ4v) is 14.1. The van der Waals surface area contributed by atoms with Crippen LogP contribution in [0, 0.1) is 56.7 Å². The summed E-state index contributed by atoms with van der Waals surface area (Å²) < 4.78 is 6.40. The van der Waals surface area contributed by atoms with Crippen LogP contribution in [0.3, 0.4) is 0 Å². The van der Waals surface area contributed by atoms with Crippen molar-refractivity contribution in [1.29, 1.82) is 0 Å². The van der Waals surface area contributed by atoms with Gasteiger partial charge in [0, 0.05) is 11.8 Å². The first kappa shape index (κ1) is 39.4. The van der Waals surface area contributed by atoms with E-state index in [1.165, 1.54) is 102 Å². The molecule has 49 heavy (non-hydrogen) atoms. The van der Waals surface area contributed by atoms with Crippen molar-refractivity contribution < 1.29 is 14.6 Å². The minimum Gasteiger partial charge on any atom is -0.462 e. The molecule has 5 rings (SSSR count). The Morgan fingerprint density at radius 1 is 0.735 bits per heavy atom. The summed E-state index contributed by atoms with van der Waals surface area (Å²) in [6.45, 7) is 24.4. The molecule has 0 aromatic heterocycles. The summed E-state index contributed by atoms with van der Waals surface area (Å²) in [6, 6.07) is 0. The fourth-order valence-electron chi connectivity index (χ4n) is 14.1. The molecule has 282 valence electrons. The van der Waals surface area contributed by atoms with Gasteiger partial charge in [0.2, 0.25) is 0 Å². The molecule has 0 amide bonds. The Labute approximate surface area is 304 Å². The Morgan fingerprint density at radius 3 is 1.94 bits per heavy atom. The molecule has 5 aliphatic carbocycles. The number of rotatable bonds is 15. The molecule has 0 spiro atoms. The molecule has 3 nitrogen and oxygen atoms in total. The molecular weight excluding hydrogens is 601 g/mol. The summed E-state index contributed by atoms with van der Waals surface area (Å²) >= 11 is 0. The van der Waals surface area contributed by atoms with Crippen molar-refractivity contribution in [3.05, 3.63) is 12.2 Å². The Hall–Kier alpha value is -0.830. The fraction of sp³-hybridized carbons (Fsp3) is 0.935. The lowest BCUT2D eigenvalue weighted by molar-refractivity contribution is -0.270.